The Labute approximate surface area is 123 Å². The van der Waals surface area contributed by atoms with Crippen LogP contribution >= 0.6 is 11.8 Å². The summed E-state index contributed by atoms with van der Waals surface area (Å²) >= 11 is 0.997. The molecule has 0 spiro atoms. The molecule has 0 radical (unpaired) electrons. The smallest absolute Gasteiger partial charge is 0.370 e. The molecule has 0 unspecified atom stereocenters. The summed E-state index contributed by atoms with van der Waals surface area (Å²) < 4.78 is 40.1. The van der Waals surface area contributed by atoms with Crippen molar-refractivity contribution < 1.29 is 13.2 Å². The van der Waals surface area contributed by atoms with Gasteiger partial charge < -0.3 is 9.88 Å². The monoisotopic (exact) mass is 318 g/mol. The molecule has 0 aliphatic carbocycles. The fourth-order valence-corrected chi connectivity index (χ4v) is 2.18. The molecule has 6 nitrogen and oxygen atoms in total. The van der Waals surface area contributed by atoms with Crippen molar-refractivity contribution in [1.29, 1.82) is 0 Å². The Bertz CT molecular complexity index is 612. The zero-order valence-corrected chi connectivity index (χ0v) is 12.2. The van der Waals surface area contributed by atoms with Crippen LogP contribution in [-0.4, -0.2) is 31.3 Å². The second-order valence-corrected chi connectivity index (χ2v) is 5.15. The second-order valence-electron chi connectivity index (χ2n) is 4.17. The molecule has 2 rings (SSSR count). The van der Waals surface area contributed by atoms with Crippen molar-refractivity contribution in [3.63, 3.8) is 0 Å². The lowest BCUT2D eigenvalue weighted by atomic mass is 10.4. The molecule has 2 aromatic heterocycles. The number of nitrogens with zero attached hydrogens (tertiary/aromatic N) is 5. The first-order valence-corrected chi connectivity index (χ1v) is 6.93. The molecule has 1 N–H and O–H groups in total. The number of hydrogen-bond donors (Lipinski definition) is 1. The fraction of sp³-hybridized carbons (Fsp3) is 0.455. The lowest BCUT2D eigenvalue weighted by molar-refractivity contribution is -0.145. The van der Waals surface area contributed by atoms with E-state index < -0.39 is 12.0 Å². The lowest BCUT2D eigenvalue weighted by Crippen LogP contribution is -2.14. The van der Waals surface area contributed by atoms with Crippen LogP contribution in [0.5, 0.6) is 0 Å². The third-order valence-corrected chi connectivity index (χ3v) is 3.35. The fourth-order valence-electron chi connectivity index (χ4n) is 1.41. The van der Waals surface area contributed by atoms with Crippen molar-refractivity contribution in [2.24, 2.45) is 7.05 Å². The number of anilines is 1. The van der Waals surface area contributed by atoms with Gasteiger partial charge in [0.1, 0.15) is 17.2 Å². The number of aromatic nitrogens is 5. The van der Waals surface area contributed by atoms with E-state index in [2.05, 4.69) is 25.5 Å². The SMILES string of the molecule is CCCNc1cc(Sc2nncn2C)nc(C(F)(F)F)n1. The van der Waals surface area contributed by atoms with E-state index >= 15 is 0 Å². The van der Waals surface area contributed by atoms with E-state index in [4.69, 9.17) is 0 Å². The van der Waals surface area contributed by atoms with Crippen LogP contribution in [0.4, 0.5) is 19.0 Å². The van der Waals surface area contributed by atoms with Gasteiger partial charge in [-0.15, -0.1) is 10.2 Å². The first-order valence-electron chi connectivity index (χ1n) is 6.12. The summed E-state index contributed by atoms with van der Waals surface area (Å²) in [4.78, 5) is 7.02. The molecular weight excluding hydrogens is 305 g/mol. The largest absolute Gasteiger partial charge is 0.451 e. The van der Waals surface area contributed by atoms with Gasteiger partial charge in [-0.2, -0.15) is 13.2 Å². The average Bonchev–Trinajstić information content (AvgIpc) is 2.81. The molecule has 0 aromatic carbocycles. The lowest BCUT2D eigenvalue weighted by Gasteiger charge is -2.10. The van der Waals surface area contributed by atoms with Crippen molar-refractivity contribution in [1.82, 2.24) is 24.7 Å². The van der Waals surface area contributed by atoms with Crippen molar-refractivity contribution in [2.45, 2.75) is 29.7 Å². The average molecular weight is 318 g/mol. The van der Waals surface area contributed by atoms with Gasteiger partial charge >= 0.3 is 6.18 Å². The number of alkyl halides is 3. The molecule has 2 aromatic rings. The molecule has 0 amide bonds. The van der Waals surface area contributed by atoms with Crippen LogP contribution < -0.4 is 5.32 Å². The summed E-state index contributed by atoms with van der Waals surface area (Å²) in [5, 5.41) is 10.9. The van der Waals surface area contributed by atoms with E-state index in [1.165, 1.54) is 12.4 Å². The third kappa shape index (κ3) is 4.06. The van der Waals surface area contributed by atoms with E-state index in [0.717, 1.165) is 18.2 Å². The molecule has 0 aliphatic rings. The summed E-state index contributed by atoms with van der Waals surface area (Å²) in [5.41, 5.74) is 0. The summed E-state index contributed by atoms with van der Waals surface area (Å²) in [6.45, 7) is 2.44. The Morgan fingerprint density at radius 3 is 2.67 bits per heavy atom. The Balaban J connectivity index is 2.33. The van der Waals surface area contributed by atoms with Crippen LogP contribution in [0.25, 0.3) is 0 Å². The highest BCUT2D eigenvalue weighted by Crippen LogP contribution is 2.31. The number of rotatable bonds is 5. The molecule has 2 heterocycles. The highest BCUT2D eigenvalue weighted by molar-refractivity contribution is 7.99. The molecule has 0 saturated carbocycles. The number of hydrogen-bond acceptors (Lipinski definition) is 6. The van der Waals surface area contributed by atoms with Gasteiger partial charge in [0.2, 0.25) is 5.82 Å². The highest BCUT2D eigenvalue weighted by Gasteiger charge is 2.35. The van der Waals surface area contributed by atoms with Gasteiger partial charge in [0, 0.05) is 19.7 Å². The van der Waals surface area contributed by atoms with Gasteiger partial charge in [-0.3, -0.25) is 0 Å². The summed E-state index contributed by atoms with van der Waals surface area (Å²) in [6.07, 6.45) is -2.36. The summed E-state index contributed by atoms with van der Waals surface area (Å²) in [6, 6.07) is 1.46. The number of halogens is 3. The van der Waals surface area contributed by atoms with Gasteiger partial charge in [0.05, 0.1) is 0 Å². The normalized spacial score (nSPS) is 11.7. The van der Waals surface area contributed by atoms with E-state index in [1.54, 1.807) is 11.6 Å². The van der Waals surface area contributed by atoms with Crippen LogP contribution in [0.1, 0.15) is 19.2 Å². The Kier molecular flexibility index (Phi) is 4.66. The standard InChI is InChI=1S/C11H13F3N6S/c1-3-4-15-7-5-8(18-9(17-7)11(12,13)14)21-10-19-16-6-20(10)2/h5-6H,3-4H2,1-2H3,(H,15,17,18). The number of aryl methyl sites for hydroxylation is 1. The second kappa shape index (κ2) is 6.29. The minimum absolute atomic E-state index is 0.142. The third-order valence-electron chi connectivity index (χ3n) is 2.38. The number of nitrogens with one attached hydrogen (secondary N) is 1. The van der Waals surface area contributed by atoms with Gasteiger partial charge in [-0.25, -0.2) is 9.97 Å². The Morgan fingerprint density at radius 1 is 1.33 bits per heavy atom. The van der Waals surface area contributed by atoms with Crippen molar-refractivity contribution >= 4 is 17.6 Å². The van der Waals surface area contributed by atoms with Gasteiger partial charge in [0.25, 0.3) is 0 Å². The van der Waals surface area contributed by atoms with Gasteiger partial charge in [-0.05, 0) is 18.2 Å². The van der Waals surface area contributed by atoms with E-state index in [1.807, 2.05) is 6.92 Å². The molecule has 114 valence electrons. The molecule has 0 aliphatic heterocycles. The van der Waals surface area contributed by atoms with Crippen LogP contribution in [0.3, 0.4) is 0 Å². The predicted molar refractivity (Wildman–Crippen MR) is 70.9 cm³/mol. The van der Waals surface area contributed by atoms with E-state index in [-0.39, 0.29) is 10.8 Å². The molecule has 10 heteroatoms. The molecule has 0 saturated heterocycles. The first-order chi connectivity index (χ1) is 9.90. The molecular formula is C11H13F3N6S. The minimum Gasteiger partial charge on any atom is -0.370 e. The zero-order chi connectivity index (χ0) is 15.5. The Morgan fingerprint density at radius 2 is 2.10 bits per heavy atom. The quantitative estimate of drug-likeness (QED) is 0.855. The minimum atomic E-state index is -4.60. The maximum absolute atomic E-state index is 12.8. The summed E-state index contributed by atoms with van der Waals surface area (Å²) in [5.74, 6) is -1.03. The van der Waals surface area contributed by atoms with Crippen LogP contribution in [-0.2, 0) is 13.2 Å². The molecule has 0 fully saturated rings. The van der Waals surface area contributed by atoms with Gasteiger partial charge in [0.15, 0.2) is 5.16 Å². The molecule has 21 heavy (non-hydrogen) atoms. The van der Waals surface area contributed by atoms with Crippen LogP contribution in [0, 0.1) is 0 Å². The topological polar surface area (TPSA) is 68.5 Å². The highest BCUT2D eigenvalue weighted by atomic mass is 32.2. The van der Waals surface area contributed by atoms with Crippen molar-refractivity contribution in [3.8, 4) is 0 Å². The zero-order valence-electron chi connectivity index (χ0n) is 11.3. The molecule has 0 atom stereocenters. The van der Waals surface area contributed by atoms with Gasteiger partial charge in [-0.1, -0.05) is 6.92 Å². The van der Waals surface area contributed by atoms with Crippen LogP contribution in [0.15, 0.2) is 22.6 Å². The maximum Gasteiger partial charge on any atom is 0.451 e. The Hall–Kier alpha value is -1.84. The maximum atomic E-state index is 12.8. The summed E-state index contributed by atoms with van der Waals surface area (Å²) in [7, 11) is 1.70. The van der Waals surface area contributed by atoms with E-state index in [9.17, 15) is 13.2 Å². The van der Waals surface area contributed by atoms with Crippen molar-refractivity contribution in [3.05, 3.63) is 18.2 Å². The predicted octanol–water partition coefficient (Wildman–Crippen LogP) is 2.60. The van der Waals surface area contributed by atoms with E-state index in [0.29, 0.717) is 11.7 Å². The first kappa shape index (κ1) is 15.5. The van der Waals surface area contributed by atoms with Crippen LogP contribution in [0.2, 0.25) is 0 Å². The molecule has 0 bridgehead atoms. The van der Waals surface area contributed by atoms with Crippen molar-refractivity contribution in [2.75, 3.05) is 11.9 Å².